The summed E-state index contributed by atoms with van der Waals surface area (Å²) in [4.78, 5) is 11.2. The molecular weight excluding hydrogens is 296 g/mol. The number of aromatic amines is 1. The molecule has 21 heavy (non-hydrogen) atoms. The number of nitrogens with one attached hydrogen (secondary N) is 1. The van der Waals surface area contributed by atoms with Crippen molar-refractivity contribution in [3.8, 4) is 17.0 Å². The van der Waals surface area contributed by atoms with Gasteiger partial charge >= 0.3 is 12.5 Å². The van der Waals surface area contributed by atoms with Crippen LogP contribution in [0.5, 0.6) is 5.75 Å². The van der Waals surface area contributed by atoms with E-state index in [1.165, 1.54) is 18.2 Å². The van der Waals surface area contributed by atoms with Crippen molar-refractivity contribution in [2.75, 3.05) is 0 Å². The van der Waals surface area contributed by atoms with E-state index in [2.05, 4.69) is 20.1 Å². The van der Waals surface area contributed by atoms with E-state index in [4.69, 9.17) is 5.73 Å². The molecule has 1 aromatic carbocycles. The standard InChI is InChI=1S/C11H8F4N4O2/c12-10(13)11(14,15)21-6-4-2-1-3-5(6)7-8(9(16)20)18-19-17-7/h1-4,10H,(H2,16,20)(H,17,18,19). The SMILES string of the molecule is NC(=O)c1n[nH]nc1-c1ccccc1OC(F)(F)C(F)F. The van der Waals surface area contributed by atoms with Gasteiger partial charge in [0.2, 0.25) is 0 Å². The molecule has 1 amide bonds. The third-order valence-corrected chi connectivity index (χ3v) is 2.42. The first-order valence-electron chi connectivity index (χ1n) is 5.48. The van der Waals surface area contributed by atoms with Crippen molar-refractivity contribution in [1.82, 2.24) is 15.4 Å². The zero-order valence-corrected chi connectivity index (χ0v) is 10.2. The lowest BCUT2D eigenvalue weighted by molar-refractivity contribution is -0.253. The van der Waals surface area contributed by atoms with Crippen molar-refractivity contribution < 1.29 is 27.1 Å². The fourth-order valence-electron chi connectivity index (χ4n) is 1.53. The summed E-state index contributed by atoms with van der Waals surface area (Å²) in [5.74, 6) is -1.55. The van der Waals surface area contributed by atoms with Crippen LogP contribution in [0.15, 0.2) is 24.3 Å². The summed E-state index contributed by atoms with van der Waals surface area (Å²) in [6, 6.07) is 5.00. The molecule has 2 aromatic rings. The first kappa shape index (κ1) is 14.8. The lowest BCUT2D eigenvalue weighted by Crippen LogP contribution is -2.33. The highest BCUT2D eigenvalue weighted by Crippen LogP contribution is 2.35. The molecule has 1 heterocycles. The Kier molecular flexibility index (Phi) is 3.78. The van der Waals surface area contributed by atoms with Crippen molar-refractivity contribution in [3.05, 3.63) is 30.0 Å². The number of nitrogens with two attached hydrogens (primary N) is 1. The molecule has 0 radical (unpaired) electrons. The topological polar surface area (TPSA) is 93.9 Å². The Hall–Kier alpha value is -2.65. The number of hydrogen-bond acceptors (Lipinski definition) is 4. The van der Waals surface area contributed by atoms with Crippen molar-refractivity contribution >= 4 is 5.91 Å². The van der Waals surface area contributed by atoms with E-state index < -0.39 is 24.2 Å². The third-order valence-electron chi connectivity index (χ3n) is 2.42. The predicted molar refractivity (Wildman–Crippen MR) is 61.9 cm³/mol. The van der Waals surface area contributed by atoms with Gasteiger partial charge in [-0.05, 0) is 12.1 Å². The number of aromatic nitrogens is 3. The normalized spacial score (nSPS) is 11.7. The van der Waals surface area contributed by atoms with E-state index in [0.29, 0.717) is 0 Å². The molecule has 6 nitrogen and oxygen atoms in total. The number of primary amides is 1. The van der Waals surface area contributed by atoms with Gasteiger partial charge in [-0.3, -0.25) is 4.79 Å². The molecule has 0 atom stereocenters. The zero-order valence-electron chi connectivity index (χ0n) is 10.2. The highest BCUT2D eigenvalue weighted by atomic mass is 19.3. The number of benzene rings is 1. The second kappa shape index (κ2) is 5.38. The van der Waals surface area contributed by atoms with Crippen LogP contribution in [-0.2, 0) is 0 Å². The van der Waals surface area contributed by atoms with Crippen molar-refractivity contribution in [1.29, 1.82) is 0 Å². The molecule has 0 aliphatic heterocycles. The number of amides is 1. The molecular formula is C11H8F4N4O2. The monoisotopic (exact) mass is 304 g/mol. The van der Waals surface area contributed by atoms with Crippen LogP contribution in [0.4, 0.5) is 17.6 Å². The molecule has 2 rings (SSSR count). The molecule has 3 N–H and O–H groups in total. The third kappa shape index (κ3) is 2.93. The number of hydrogen-bond donors (Lipinski definition) is 2. The van der Waals surface area contributed by atoms with Gasteiger partial charge < -0.3 is 10.5 Å². The number of nitrogens with zero attached hydrogens (tertiary/aromatic N) is 2. The summed E-state index contributed by atoms with van der Waals surface area (Å²) in [6.07, 6.45) is -8.70. The first-order chi connectivity index (χ1) is 9.83. The Morgan fingerprint density at radius 3 is 2.57 bits per heavy atom. The maximum Gasteiger partial charge on any atom is 0.461 e. The Balaban J connectivity index is 2.47. The predicted octanol–water partition coefficient (Wildman–Crippen LogP) is 1.81. The highest BCUT2D eigenvalue weighted by Gasteiger charge is 2.44. The summed E-state index contributed by atoms with van der Waals surface area (Å²) < 4.78 is 54.4. The van der Waals surface area contributed by atoms with E-state index in [1.807, 2.05) is 0 Å². The van der Waals surface area contributed by atoms with E-state index in [-0.39, 0.29) is 17.0 Å². The van der Waals surface area contributed by atoms with Crippen LogP contribution in [-0.4, -0.2) is 33.9 Å². The lowest BCUT2D eigenvalue weighted by Gasteiger charge is -2.18. The van der Waals surface area contributed by atoms with Crippen molar-refractivity contribution in [2.45, 2.75) is 12.5 Å². The average molecular weight is 304 g/mol. The molecule has 0 saturated carbocycles. The van der Waals surface area contributed by atoms with Crippen LogP contribution in [0.2, 0.25) is 0 Å². The smallest absolute Gasteiger partial charge is 0.428 e. The van der Waals surface area contributed by atoms with E-state index in [1.54, 1.807) is 0 Å². The van der Waals surface area contributed by atoms with Gasteiger partial charge in [-0.2, -0.15) is 33.0 Å². The van der Waals surface area contributed by atoms with Gasteiger partial charge in [0, 0.05) is 5.56 Å². The molecule has 0 bridgehead atoms. The Morgan fingerprint density at radius 1 is 1.29 bits per heavy atom. The number of halogens is 4. The second-order valence-electron chi connectivity index (χ2n) is 3.85. The molecule has 0 aliphatic carbocycles. The molecule has 0 aliphatic rings. The van der Waals surface area contributed by atoms with Crippen LogP contribution >= 0.6 is 0 Å². The zero-order chi connectivity index (χ0) is 15.6. The average Bonchev–Trinajstić information content (AvgIpc) is 2.88. The number of rotatable bonds is 5. The molecule has 0 spiro atoms. The minimum Gasteiger partial charge on any atom is -0.428 e. The van der Waals surface area contributed by atoms with Crippen LogP contribution in [0.3, 0.4) is 0 Å². The van der Waals surface area contributed by atoms with Gasteiger partial charge in [0.25, 0.3) is 5.91 Å². The molecule has 0 saturated heterocycles. The van der Waals surface area contributed by atoms with Gasteiger partial charge in [0.05, 0.1) is 0 Å². The number of ether oxygens (including phenoxy) is 1. The summed E-state index contributed by atoms with van der Waals surface area (Å²) in [6.45, 7) is 0. The van der Waals surface area contributed by atoms with Crippen LogP contribution in [0.25, 0.3) is 11.3 Å². The van der Waals surface area contributed by atoms with Gasteiger partial charge in [-0.25, -0.2) is 0 Å². The van der Waals surface area contributed by atoms with Crippen molar-refractivity contribution in [2.24, 2.45) is 5.73 Å². The largest absolute Gasteiger partial charge is 0.461 e. The highest BCUT2D eigenvalue weighted by molar-refractivity contribution is 5.97. The first-order valence-corrected chi connectivity index (χ1v) is 5.48. The number of carbonyl (C=O) groups is 1. The molecule has 112 valence electrons. The van der Waals surface area contributed by atoms with Crippen LogP contribution in [0.1, 0.15) is 10.5 Å². The summed E-state index contributed by atoms with van der Waals surface area (Å²) in [7, 11) is 0. The summed E-state index contributed by atoms with van der Waals surface area (Å²) in [5, 5.41) is 9.16. The second-order valence-corrected chi connectivity index (χ2v) is 3.85. The lowest BCUT2D eigenvalue weighted by atomic mass is 10.1. The summed E-state index contributed by atoms with van der Waals surface area (Å²) in [5.41, 5.74) is 4.42. The van der Waals surface area contributed by atoms with E-state index in [9.17, 15) is 22.4 Å². The van der Waals surface area contributed by atoms with Crippen LogP contribution in [0, 0.1) is 0 Å². The van der Waals surface area contributed by atoms with E-state index >= 15 is 0 Å². The van der Waals surface area contributed by atoms with Gasteiger partial charge in [-0.15, -0.1) is 0 Å². The fourth-order valence-corrected chi connectivity index (χ4v) is 1.53. The maximum absolute atomic E-state index is 13.0. The Labute approximate surface area is 114 Å². The number of alkyl halides is 4. The molecule has 1 aromatic heterocycles. The summed E-state index contributed by atoms with van der Waals surface area (Å²) >= 11 is 0. The number of para-hydroxylation sites is 1. The molecule has 0 unspecified atom stereocenters. The Bertz CT molecular complexity index is 659. The minimum atomic E-state index is -4.69. The molecule has 10 heteroatoms. The quantitative estimate of drug-likeness (QED) is 0.824. The van der Waals surface area contributed by atoms with Crippen LogP contribution < -0.4 is 10.5 Å². The fraction of sp³-hybridized carbons (Fsp3) is 0.182. The Morgan fingerprint density at radius 2 is 1.95 bits per heavy atom. The van der Waals surface area contributed by atoms with E-state index in [0.717, 1.165) is 6.07 Å². The molecule has 0 fully saturated rings. The van der Waals surface area contributed by atoms with Crippen molar-refractivity contribution in [3.63, 3.8) is 0 Å². The minimum absolute atomic E-state index is 0.125. The van der Waals surface area contributed by atoms with Gasteiger partial charge in [0.1, 0.15) is 11.4 Å². The number of H-pyrrole nitrogens is 1. The maximum atomic E-state index is 13.0. The van der Waals surface area contributed by atoms with Gasteiger partial charge in [-0.1, -0.05) is 12.1 Å². The van der Waals surface area contributed by atoms with Gasteiger partial charge in [0.15, 0.2) is 5.69 Å². The number of carbonyl (C=O) groups excluding carboxylic acids is 1.